The fourth-order valence-corrected chi connectivity index (χ4v) is 4.28. The zero-order valence-corrected chi connectivity index (χ0v) is 15.9. The summed E-state index contributed by atoms with van der Waals surface area (Å²) in [5, 5.41) is 23.4. The SMILES string of the molecule is O=C(O)c1sc(-c2cccc([N+](=O)[O-])c2)cc1NC(=O)C1(c2ccccc2)CC1. The molecule has 1 saturated carbocycles. The number of carbonyl (C=O) groups excluding carboxylic acids is 1. The topological polar surface area (TPSA) is 110 Å². The Balaban J connectivity index is 1.66. The van der Waals surface area contributed by atoms with Crippen molar-refractivity contribution in [2.24, 2.45) is 0 Å². The summed E-state index contributed by atoms with van der Waals surface area (Å²) in [6.45, 7) is 0. The molecule has 1 heterocycles. The van der Waals surface area contributed by atoms with Gasteiger partial charge in [-0.2, -0.15) is 0 Å². The van der Waals surface area contributed by atoms with Gasteiger partial charge in [-0.15, -0.1) is 11.3 Å². The molecule has 0 atom stereocenters. The van der Waals surface area contributed by atoms with Crippen LogP contribution in [0.1, 0.15) is 28.1 Å². The summed E-state index contributed by atoms with van der Waals surface area (Å²) in [6.07, 6.45) is 1.40. The number of benzene rings is 2. The summed E-state index contributed by atoms with van der Waals surface area (Å²) in [5.41, 5.74) is 0.917. The molecule has 1 amide bonds. The first-order valence-corrected chi connectivity index (χ1v) is 9.71. The van der Waals surface area contributed by atoms with Gasteiger partial charge in [0.2, 0.25) is 5.91 Å². The molecule has 2 aromatic carbocycles. The number of thiophene rings is 1. The van der Waals surface area contributed by atoms with Crippen molar-refractivity contribution >= 4 is 34.6 Å². The quantitative estimate of drug-likeness (QED) is 0.454. The molecule has 146 valence electrons. The predicted octanol–water partition coefficient (Wildman–Crippen LogP) is 4.69. The number of nitrogens with zero attached hydrogens (tertiary/aromatic N) is 1. The van der Waals surface area contributed by atoms with Crippen LogP contribution in [0.3, 0.4) is 0 Å². The monoisotopic (exact) mass is 408 g/mol. The van der Waals surface area contributed by atoms with Crippen molar-refractivity contribution in [1.29, 1.82) is 0 Å². The lowest BCUT2D eigenvalue weighted by Crippen LogP contribution is -2.28. The number of rotatable bonds is 6. The molecule has 1 aromatic heterocycles. The number of carboxylic acid groups (broad SMARTS) is 1. The van der Waals surface area contributed by atoms with E-state index < -0.39 is 16.3 Å². The van der Waals surface area contributed by atoms with Gasteiger partial charge in [0, 0.05) is 17.0 Å². The van der Waals surface area contributed by atoms with Crippen LogP contribution in [0.25, 0.3) is 10.4 Å². The minimum atomic E-state index is -1.16. The number of anilines is 1. The number of amides is 1. The van der Waals surface area contributed by atoms with Gasteiger partial charge in [-0.05, 0) is 30.0 Å². The highest BCUT2D eigenvalue weighted by molar-refractivity contribution is 7.18. The van der Waals surface area contributed by atoms with Crippen molar-refractivity contribution in [3.8, 4) is 10.4 Å². The lowest BCUT2D eigenvalue weighted by molar-refractivity contribution is -0.384. The Labute approximate surface area is 169 Å². The van der Waals surface area contributed by atoms with E-state index >= 15 is 0 Å². The zero-order chi connectivity index (χ0) is 20.6. The summed E-state index contributed by atoms with van der Waals surface area (Å²) in [5.74, 6) is -1.40. The standard InChI is InChI=1S/C21H16N2O5S/c24-19(25)18-16(12-17(29-18)13-5-4-8-15(11-13)23(27)28)22-20(26)21(9-10-21)14-6-2-1-3-7-14/h1-8,11-12H,9-10H2,(H,22,26)(H,24,25). The number of hydrogen-bond donors (Lipinski definition) is 2. The zero-order valence-electron chi connectivity index (χ0n) is 15.1. The van der Waals surface area contributed by atoms with Crippen LogP contribution < -0.4 is 5.32 Å². The highest BCUT2D eigenvalue weighted by Gasteiger charge is 2.51. The van der Waals surface area contributed by atoms with Crippen LogP contribution in [0, 0.1) is 10.1 Å². The molecule has 0 spiro atoms. The summed E-state index contributed by atoms with van der Waals surface area (Å²) in [6, 6.07) is 16.9. The van der Waals surface area contributed by atoms with E-state index in [0.717, 1.165) is 16.9 Å². The number of carbonyl (C=O) groups is 2. The summed E-state index contributed by atoms with van der Waals surface area (Å²) >= 11 is 0.973. The van der Waals surface area contributed by atoms with Gasteiger partial charge in [-0.25, -0.2) is 4.79 Å². The molecule has 8 heteroatoms. The first-order chi connectivity index (χ1) is 13.9. The molecule has 2 N–H and O–H groups in total. The molecule has 0 bridgehead atoms. The lowest BCUT2D eigenvalue weighted by Gasteiger charge is -2.15. The Hall–Kier alpha value is -3.52. The van der Waals surface area contributed by atoms with E-state index in [4.69, 9.17) is 0 Å². The molecule has 29 heavy (non-hydrogen) atoms. The highest BCUT2D eigenvalue weighted by Crippen LogP contribution is 2.49. The minimum absolute atomic E-state index is 0.0104. The number of non-ortho nitro benzene ring substituents is 1. The number of nitro groups is 1. The molecule has 0 saturated heterocycles. The van der Waals surface area contributed by atoms with Gasteiger partial charge < -0.3 is 10.4 Å². The Morgan fingerprint density at radius 2 is 1.79 bits per heavy atom. The van der Waals surface area contributed by atoms with Crippen LogP contribution in [0.5, 0.6) is 0 Å². The molecular formula is C21H16N2O5S. The number of nitro benzene ring substituents is 1. The maximum Gasteiger partial charge on any atom is 0.348 e. The van der Waals surface area contributed by atoms with Crippen LogP contribution in [0.4, 0.5) is 11.4 Å². The number of nitrogens with one attached hydrogen (secondary N) is 1. The first kappa shape index (κ1) is 18.8. The van der Waals surface area contributed by atoms with Gasteiger partial charge in [0.25, 0.3) is 5.69 Å². The lowest BCUT2D eigenvalue weighted by atomic mass is 9.95. The van der Waals surface area contributed by atoms with Gasteiger partial charge in [0.1, 0.15) is 4.88 Å². The van der Waals surface area contributed by atoms with Crippen LogP contribution in [-0.4, -0.2) is 21.9 Å². The van der Waals surface area contributed by atoms with Crippen LogP contribution in [0.2, 0.25) is 0 Å². The number of carboxylic acids is 1. The third-order valence-electron chi connectivity index (χ3n) is 5.03. The van der Waals surface area contributed by atoms with E-state index in [2.05, 4.69) is 5.32 Å². The Kier molecular flexibility index (Phi) is 4.63. The summed E-state index contributed by atoms with van der Waals surface area (Å²) in [4.78, 5) is 35.7. The third kappa shape index (κ3) is 3.50. The second-order valence-corrected chi connectivity index (χ2v) is 7.92. The molecule has 3 aromatic rings. The number of hydrogen-bond acceptors (Lipinski definition) is 5. The van der Waals surface area contributed by atoms with Crippen molar-refractivity contribution in [1.82, 2.24) is 0 Å². The Bertz CT molecular complexity index is 1120. The van der Waals surface area contributed by atoms with Crippen molar-refractivity contribution < 1.29 is 19.6 Å². The van der Waals surface area contributed by atoms with Gasteiger partial charge in [0.05, 0.1) is 16.0 Å². The molecular weight excluding hydrogens is 392 g/mol. The molecule has 1 fully saturated rings. The Morgan fingerprint density at radius 1 is 1.07 bits per heavy atom. The average Bonchev–Trinajstić information content (AvgIpc) is 3.43. The predicted molar refractivity (Wildman–Crippen MR) is 109 cm³/mol. The maximum absolute atomic E-state index is 13.0. The fraction of sp³-hybridized carbons (Fsp3) is 0.143. The van der Waals surface area contributed by atoms with Gasteiger partial charge in [-0.1, -0.05) is 42.5 Å². The van der Waals surface area contributed by atoms with E-state index in [1.807, 2.05) is 30.3 Å². The van der Waals surface area contributed by atoms with E-state index in [1.165, 1.54) is 12.1 Å². The molecule has 0 radical (unpaired) electrons. The van der Waals surface area contributed by atoms with Gasteiger partial charge in [0.15, 0.2) is 0 Å². The third-order valence-corrected chi connectivity index (χ3v) is 6.20. The van der Waals surface area contributed by atoms with E-state index in [0.29, 0.717) is 23.3 Å². The normalized spacial score (nSPS) is 14.2. The summed E-state index contributed by atoms with van der Waals surface area (Å²) in [7, 11) is 0. The van der Waals surface area contributed by atoms with E-state index in [9.17, 15) is 24.8 Å². The van der Waals surface area contributed by atoms with Crippen molar-refractivity contribution in [3.63, 3.8) is 0 Å². The van der Waals surface area contributed by atoms with Crippen molar-refractivity contribution in [2.75, 3.05) is 5.32 Å². The second kappa shape index (κ2) is 7.14. The molecule has 0 aliphatic heterocycles. The molecule has 1 aliphatic carbocycles. The van der Waals surface area contributed by atoms with Crippen LogP contribution in [0.15, 0.2) is 60.7 Å². The molecule has 7 nitrogen and oxygen atoms in total. The van der Waals surface area contributed by atoms with E-state index in [1.54, 1.807) is 18.2 Å². The first-order valence-electron chi connectivity index (χ1n) is 8.90. The minimum Gasteiger partial charge on any atom is -0.477 e. The Morgan fingerprint density at radius 3 is 2.41 bits per heavy atom. The van der Waals surface area contributed by atoms with Gasteiger partial charge >= 0.3 is 5.97 Å². The summed E-state index contributed by atoms with van der Waals surface area (Å²) < 4.78 is 0. The number of aromatic carboxylic acids is 1. The molecule has 4 rings (SSSR count). The van der Waals surface area contributed by atoms with Crippen molar-refractivity contribution in [2.45, 2.75) is 18.3 Å². The van der Waals surface area contributed by atoms with Crippen LogP contribution >= 0.6 is 11.3 Å². The second-order valence-electron chi connectivity index (χ2n) is 6.87. The fourth-order valence-electron chi connectivity index (χ4n) is 3.33. The largest absolute Gasteiger partial charge is 0.477 e. The van der Waals surface area contributed by atoms with Crippen LogP contribution in [-0.2, 0) is 10.2 Å². The van der Waals surface area contributed by atoms with Gasteiger partial charge in [-0.3, -0.25) is 14.9 Å². The highest BCUT2D eigenvalue weighted by atomic mass is 32.1. The molecule has 1 aliphatic rings. The molecule has 0 unspecified atom stereocenters. The average molecular weight is 408 g/mol. The smallest absolute Gasteiger partial charge is 0.348 e. The van der Waals surface area contributed by atoms with Crippen molar-refractivity contribution in [3.05, 3.63) is 81.2 Å². The maximum atomic E-state index is 13.0. The van der Waals surface area contributed by atoms with E-state index in [-0.39, 0.29) is 22.2 Å².